The maximum atomic E-state index is 12.4. The smallest absolute Gasteiger partial charge is 0.322 e. The lowest BCUT2D eigenvalue weighted by Gasteiger charge is -2.34. The molecule has 0 spiro atoms. The number of aryl methyl sites for hydroxylation is 3. The van der Waals surface area contributed by atoms with Gasteiger partial charge in [0.25, 0.3) is 5.56 Å². The first-order chi connectivity index (χ1) is 14.9. The Morgan fingerprint density at radius 2 is 1.87 bits per heavy atom. The molecule has 0 saturated carbocycles. The number of piperazine rings is 1. The molecule has 0 bridgehead atoms. The molecule has 0 unspecified atom stereocenters. The molecule has 31 heavy (non-hydrogen) atoms. The van der Waals surface area contributed by atoms with E-state index in [4.69, 9.17) is 0 Å². The second-order valence-electron chi connectivity index (χ2n) is 7.63. The minimum absolute atomic E-state index is 0.121. The highest BCUT2D eigenvalue weighted by molar-refractivity contribution is 7.15. The number of urea groups is 1. The third-order valence-corrected chi connectivity index (χ3v) is 6.03. The van der Waals surface area contributed by atoms with Crippen LogP contribution in [0.1, 0.15) is 16.3 Å². The van der Waals surface area contributed by atoms with Crippen LogP contribution in [0.4, 0.5) is 9.93 Å². The lowest BCUT2D eigenvalue weighted by molar-refractivity contribution is 0.143. The van der Waals surface area contributed by atoms with Gasteiger partial charge in [0.1, 0.15) is 0 Å². The first kappa shape index (κ1) is 21.2. The molecule has 164 valence electrons. The van der Waals surface area contributed by atoms with Gasteiger partial charge < -0.3 is 4.90 Å². The van der Waals surface area contributed by atoms with E-state index in [1.807, 2.05) is 26.8 Å². The molecular formula is C20H26N8O2S. The molecule has 4 rings (SSSR count). The van der Waals surface area contributed by atoms with Crippen molar-refractivity contribution < 1.29 is 4.79 Å². The van der Waals surface area contributed by atoms with E-state index in [2.05, 4.69) is 25.4 Å². The third kappa shape index (κ3) is 5.00. The maximum absolute atomic E-state index is 12.4. The Labute approximate surface area is 184 Å². The number of aromatic nitrogens is 5. The Morgan fingerprint density at radius 1 is 1.10 bits per heavy atom. The van der Waals surface area contributed by atoms with Crippen LogP contribution in [-0.2, 0) is 6.54 Å². The van der Waals surface area contributed by atoms with Crippen LogP contribution >= 0.6 is 11.3 Å². The van der Waals surface area contributed by atoms with Gasteiger partial charge in [-0.25, -0.2) is 19.1 Å². The predicted octanol–water partition coefficient (Wildman–Crippen LogP) is 1.66. The third-order valence-electron chi connectivity index (χ3n) is 5.20. The minimum Gasteiger partial charge on any atom is -0.322 e. The molecule has 1 saturated heterocycles. The SMILES string of the molecule is Cc1cc(C)n(-c2ccc(=O)n(CCN3CCN(C(=O)Nc4ncc(C)s4)CC3)n2)n1. The highest BCUT2D eigenvalue weighted by atomic mass is 32.1. The van der Waals surface area contributed by atoms with Crippen LogP contribution in [0.5, 0.6) is 0 Å². The van der Waals surface area contributed by atoms with Crippen molar-refractivity contribution in [3.8, 4) is 5.82 Å². The van der Waals surface area contributed by atoms with Crippen LogP contribution < -0.4 is 10.9 Å². The highest BCUT2D eigenvalue weighted by Crippen LogP contribution is 2.17. The van der Waals surface area contributed by atoms with Crippen molar-refractivity contribution >= 4 is 22.5 Å². The highest BCUT2D eigenvalue weighted by Gasteiger charge is 2.21. The van der Waals surface area contributed by atoms with Crippen molar-refractivity contribution in [2.24, 2.45) is 0 Å². The lowest BCUT2D eigenvalue weighted by Crippen LogP contribution is -2.50. The number of nitrogens with one attached hydrogen (secondary N) is 1. The summed E-state index contributed by atoms with van der Waals surface area (Å²) in [6, 6.07) is 5.08. The lowest BCUT2D eigenvalue weighted by atomic mass is 10.3. The predicted molar refractivity (Wildman–Crippen MR) is 119 cm³/mol. The number of amides is 2. The molecule has 0 aromatic carbocycles. The number of thiazole rings is 1. The van der Waals surface area contributed by atoms with Gasteiger partial charge in [-0.05, 0) is 32.9 Å². The normalized spacial score (nSPS) is 14.7. The largest absolute Gasteiger partial charge is 0.323 e. The van der Waals surface area contributed by atoms with Crippen molar-refractivity contribution in [2.75, 3.05) is 38.0 Å². The molecule has 0 atom stereocenters. The topological polar surface area (TPSA) is 101 Å². The summed E-state index contributed by atoms with van der Waals surface area (Å²) < 4.78 is 3.22. The Hall–Kier alpha value is -3.05. The summed E-state index contributed by atoms with van der Waals surface area (Å²) in [5.74, 6) is 0.629. The summed E-state index contributed by atoms with van der Waals surface area (Å²) in [4.78, 5) is 33.9. The minimum atomic E-state index is -0.137. The number of rotatable bonds is 5. The monoisotopic (exact) mass is 442 g/mol. The van der Waals surface area contributed by atoms with E-state index in [0.29, 0.717) is 37.1 Å². The van der Waals surface area contributed by atoms with Gasteiger partial charge in [0.2, 0.25) is 0 Å². The molecule has 0 radical (unpaired) electrons. The fourth-order valence-corrected chi connectivity index (χ4v) is 4.22. The fraction of sp³-hybridized carbons (Fsp3) is 0.450. The molecule has 1 fully saturated rings. The first-order valence-corrected chi connectivity index (χ1v) is 11.0. The van der Waals surface area contributed by atoms with E-state index in [-0.39, 0.29) is 11.6 Å². The second kappa shape index (κ2) is 8.98. The van der Waals surface area contributed by atoms with Gasteiger partial charge in [-0.2, -0.15) is 5.10 Å². The van der Waals surface area contributed by atoms with E-state index in [1.54, 1.807) is 21.8 Å². The van der Waals surface area contributed by atoms with Gasteiger partial charge in [0.15, 0.2) is 10.9 Å². The fourth-order valence-electron chi connectivity index (χ4n) is 3.57. The zero-order valence-corrected chi connectivity index (χ0v) is 18.7. The van der Waals surface area contributed by atoms with Crippen LogP contribution in [-0.4, -0.2) is 73.1 Å². The first-order valence-electron chi connectivity index (χ1n) is 10.2. The Bertz CT molecular complexity index is 1130. The van der Waals surface area contributed by atoms with Gasteiger partial charge in [0, 0.05) is 55.6 Å². The van der Waals surface area contributed by atoms with E-state index in [1.165, 1.54) is 22.1 Å². The van der Waals surface area contributed by atoms with E-state index in [0.717, 1.165) is 29.4 Å². The summed E-state index contributed by atoms with van der Waals surface area (Å²) in [5, 5.41) is 12.4. The molecule has 0 aliphatic carbocycles. The number of nitrogens with zero attached hydrogens (tertiary/aromatic N) is 7. The molecular weight excluding hydrogens is 416 g/mol. The van der Waals surface area contributed by atoms with Gasteiger partial charge in [-0.15, -0.1) is 16.4 Å². The molecule has 2 amide bonds. The zero-order chi connectivity index (χ0) is 22.0. The Morgan fingerprint density at radius 3 is 2.52 bits per heavy atom. The number of anilines is 1. The van der Waals surface area contributed by atoms with Gasteiger partial charge in [-0.3, -0.25) is 15.0 Å². The van der Waals surface area contributed by atoms with E-state index < -0.39 is 0 Å². The number of carbonyl (C=O) groups is 1. The number of carbonyl (C=O) groups excluding carboxylic acids is 1. The molecule has 11 heteroatoms. The summed E-state index contributed by atoms with van der Waals surface area (Å²) in [5.41, 5.74) is 1.74. The number of hydrogen-bond donors (Lipinski definition) is 1. The van der Waals surface area contributed by atoms with Crippen LogP contribution in [0, 0.1) is 20.8 Å². The molecule has 1 aliphatic rings. The van der Waals surface area contributed by atoms with Crippen LogP contribution in [0.3, 0.4) is 0 Å². The molecule has 3 aromatic heterocycles. The summed E-state index contributed by atoms with van der Waals surface area (Å²) >= 11 is 1.46. The van der Waals surface area contributed by atoms with Gasteiger partial charge in [-0.1, -0.05) is 0 Å². The summed E-state index contributed by atoms with van der Waals surface area (Å²) in [6.07, 6.45) is 1.75. The summed E-state index contributed by atoms with van der Waals surface area (Å²) in [7, 11) is 0. The Kier molecular flexibility index (Phi) is 6.14. The average Bonchev–Trinajstić information content (AvgIpc) is 3.31. The molecule has 3 aromatic rings. The van der Waals surface area contributed by atoms with Crippen LogP contribution in [0.25, 0.3) is 5.82 Å². The Balaban J connectivity index is 1.31. The maximum Gasteiger partial charge on any atom is 0.323 e. The van der Waals surface area contributed by atoms with Crippen molar-refractivity contribution in [3.05, 3.63) is 51.0 Å². The van der Waals surface area contributed by atoms with Gasteiger partial charge >= 0.3 is 6.03 Å². The van der Waals surface area contributed by atoms with Crippen molar-refractivity contribution in [3.63, 3.8) is 0 Å². The van der Waals surface area contributed by atoms with E-state index >= 15 is 0 Å². The van der Waals surface area contributed by atoms with Crippen molar-refractivity contribution in [2.45, 2.75) is 27.3 Å². The van der Waals surface area contributed by atoms with Crippen LogP contribution in [0.15, 0.2) is 29.2 Å². The quantitative estimate of drug-likeness (QED) is 0.645. The van der Waals surface area contributed by atoms with Crippen LogP contribution in [0.2, 0.25) is 0 Å². The second-order valence-corrected chi connectivity index (χ2v) is 8.86. The molecule has 4 heterocycles. The number of hydrogen-bond acceptors (Lipinski definition) is 7. The molecule has 1 aliphatic heterocycles. The molecule has 1 N–H and O–H groups in total. The van der Waals surface area contributed by atoms with Crippen molar-refractivity contribution in [1.82, 2.24) is 34.3 Å². The summed E-state index contributed by atoms with van der Waals surface area (Å²) in [6.45, 7) is 9.77. The zero-order valence-electron chi connectivity index (χ0n) is 17.9. The molecule has 10 nitrogen and oxygen atoms in total. The van der Waals surface area contributed by atoms with E-state index in [9.17, 15) is 9.59 Å². The average molecular weight is 443 g/mol. The van der Waals surface area contributed by atoms with Gasteiger partial charge in [0.05, 0.1) is 12.2 Å². The standard InChI is InChI=1S/C20H26N8O2S/c1-14-12-15(2)28(23-14)17-4-5-18(29)27(24-17)11-8-25-6-9-26(10-7-25)20(30)22-19-21-13-16(3)31-19/h4-5,12-13H,6-11H2,1-3H3,(H,21,22,30). The van der Waals surface area contributed by atoms with Crippen molar-refractivity contribution in [1.29, 1.82) is 0 Å².